The molecule has 0 saturated carbocycles. The van der Waals surface area contributed by atoms with Crippen molar-refractivity contribution in [3.63, 3.8) is 0 Å². The van der Waals surface area contributed by atoms with E-state index in [0.29, 0.717) is 12.2 Å². The lowest BCUT2D eigenvalue weighted by atomic mass is 9.82. The second-order valence-corrected chi connectivity index (χ2v) is 4.63. The molecule has 0 fully saturated rings. The third-order valence-corrected chi connectivity index (χ3v) is 3.58. The van der Waals surface area contributed by atoms with E-state index < -0.39 is 0 Å². The van der Waals surface area contributed by atoms with Gasteiger partial charge < -0.3 is 0 Å². The van der Waals surface area contributed by atoms with Crippen LogP contribution in [-0.4, -0.2) is 12.3 Å². The average Bonchev–Trinajstić information content (AvgIpc) is 2.43. The molecule has 18 heavy (non-hydrogen) atoms. The number of rotatable bonds is 3. The molecule has 0 N–H and O–H groups in total. The molecule has 1 aliphatic carbocycles. The zero-order valence-electron chi connectivity index (χ0n) is 9.45. The van der Waals surface area contributed by atoms with Gasteiger partial charge in [0.1, 0.15) is 5.69 Å². The third kappa shape index (κ3) is 2.68. The molecular weight excluding hydrogens is 345 g/mol. The molecule has 0 heterocycles. The summed E-state index contributed by atoms with van der Waals surface area (Å²) in [5.74, 6) is 0.240. The highest BCUT2D eigenvalue weighted by atomic mass is 127. The van der Waals surface area contributed by atoms with E-state index in [0.717, 1.165) is 29.7 Å². The number of nitroso groups, excluding NO2 is 1. The van der Waals surface area contributed by atoms with Gasteiger partial charge in [0.25, 0.3) is 0 Å². The SMILES string of the molecule is [N-]=[N+]=NCC1CC(=NI)c2ccc(N=O)cc2C1. The fourth-order valence-electron chi connectivity index (χ4n) is 2.21. The molecular formula is C11H10IN5O. The molecule has 2 rings (SSSR count). The third-order valence-electron chi connectivity index (χ3n) is 3.00. The molecule has 1 aromatic rings. The minimum atomic E-state index is 0.240. The molecule has 1 unspecified atom stereocenters. The number of hydrogen-bond donors (Lipinski definition) is 0. The van der Waals surface area contributed by atoms with Gasteiger partial charge in [-0.25, -0.2) is 3.21 Å². The van der Waals surface area contributed by atoms with Crippen molar-refractivity contribution in [2.75, 3.05) is 6.54 Å². The van der Waals surface area contributed by atoms with Crippen molar-refractivity contribution in [2.45, 2.75) is 12.8 Å². The summed E-state index contributed by atoms with van der Waals surface area (Å²) in [6.45, 7) is 0.449. The standard InChI is InChI=1S/C11H10IN5O/c12-15-11-4-7(6-14-17-13)3-8-5-9(16-18)1-2-10(8)11/h1-2,5,7H,3-4,6H2. The second kappa shape index (κ2) is 5.92. The van der Waals surface area contributed by atoms with E-state index in [-0.39, 0.29) is 5.92 Å². The Morgan fingerprint density at radius 1 is 1.44 bits per heavy atom. The van der Waals surface area contributed by atoms with Gasteiger partial charge in [-0.2, -0.15) is 0 Å². The highest BCUT2D eigenvalue weighted by Crippen LogP contribution is 2.30. The number of nitrogens with zero attached hydrogens (tertiary/aromatic N) is 5. The molecule has 92 valence electrons. The van der Waals surface area contributed by atoms with Crippen LogP contribution in [0.15, 0.2) is 31.7 Å². The van der Waals surface area contributed by atoms with Crippen LogP contribution in [0.5, 0.6) is 0 Å². The van der Waals surface area contributed by atoms with E-state index in [1.807, 2.05) is 28.9 Å². The van der Waals surface area contributed by atoms with E-state index in [9.17, 15) is 4.91 Å². The summed E-state index contributed by atoms with van der Waals surface area (Å²) < 4.78 is 4.25. The maximum absolute atomic E-state index is 10.5. The highest BCUT2D eigenvalue weighted by molar-refractivity contribution is 14.1. The van der Waals surface area contributed by atoms with Crippen LogP contribution >= 0.6 is 22.9 Å². The van der Waals surface area contributed by atoms with Gasteiger partial charge in [-0.3, -0.25) is 0 Å². The summed E-state index contributed by atoms with van der Waals surface area (Å²) in [6, 6.07) is 5.36. The van der Waals surface area contributed by atoms with Gasteiger partial charge in [0.2, 0.25) is 0 Å². The van der Waals surface area contributed by atoms with Crippen molar-refractivity contribution in [1.82, 2.24) is 0 Å². The molecule has 0 aromatic heterocycles. The number of azide groups is 1. The maximum Gasteiger partial charge on any atom is 0.108 e. The molecule has 6 nitrogen and oxygen atoms in total. The van der Waals surface area contributed by atoms with Gasteiger partial charge in [-0.15, -0.1) is 4.91 Å². The molecule has 1 atom stereocenters. The summed E-state index contributed by atoms with van der Waals surface area (Å²) in [4.78, 5) is 13.3. The van der Waals surface area contributed by atoms with Gasteiger partial charge in [0, 0.05) is 11.5 Å². The summed E-state index contributed by atoms with van der Waals surface area (Å²) in [6.07, 6.45) is 1.58. The van der Waals surface area contributed by atoms with Crippen LogP contribution in [0.25, 0.3) is 10.4 Å². The molecule has 0 saturated heterocycles. The van der Waals surface area contributed by atoms with Crippen LogP contribution < -0.4 is 0 Å². The quantitative estimate of drug-likeness (QED) is 0.264. The van der Waals surface area contributed by atoms with Gasteiger partial charge in [-0.1, -0.05) is 11.2 Å². The molecule has 7 heteroatoms. The van der Waals surface area contributed by atoms with Crippen LogP contribution in [0.1, 0.15) is 17.5 Å². The van der Waals surface area contributed by atoms with E-state index in [1.54, 1.807) is 12.1 Å². The lowest BCUT2D eigenvalue weighted by Crippen LogP contribution is -2.22. The molecule has 0 aliphatic heterocycles. The van der Waals surface area contributed by atoms with Crippen LogP contribution in [0.4, 0.5) is 5.69 Å². The number of benzene rings is 1. The van der Waals surface area contributed by atoms with E-state index in [1.165, 1.54) is 0 Å². The van der Waals surface area contributed by atoms with Gasteiger partial charge in [-0.05, 0) is 52.7 Å². The Kier molecular flexibility index (Phi) is 4.27. The fraction of sp³-hybridized carbons (Fsp3) is 0.364. The molecule has 1 aromatic carbocycles. The Balaban J connectivity index is 2.36. The van der Waals surface area contributed by atoms with Crippen LogP contribution in [0.2, 0.25) is 0 Å². The monoisotopic (exact) mass is 355 g/mol. The fourth-order valence-corrected chi connectivity index (χ4v) is 2.67. The minimum Gasteiger partial charge on any atom is -0.219 e. The predicted molar refractivity (Wildman–Crippen MR) is 78.3 cm³/mol. The first-order valence-corrected chi connectivity index (χ1v) is 6.40. The predicted octanol–water partition coefficient (Wildman–Crippen LogP) is 4.10. The number of fused-ring (bicyclic) bond motifs is 1. The van der Waals surface area contributed by atoms with Crippen LogP contribution in [-0.2, 0) is 6.42 Å². The van der Waals surface area contributed by atoms with Gasteiger partial charge in [0.15, 0.2) is 0 Å². The summed E-state index contributed by atoms with van der Waals surface area (Å²) in [5, 5.41) is 6.56. The summed E-state index contributed by atoms with van der Waals surface area (Å²) in [5.41, 5.74) is 11.9. The van der Waals surface area contributed by atoms with Crippen molar-refractivity contribution >= 4 is 34.3 Å². The first-order valence-electron chi connectivity index (χ1n) is 5.43. The van der Waals surface area contributed by atoms with Gasteiger partial charge >= 0.3 is 0 Å². The topological polar surface area (TPSA) is 90.6 Å². The molecule has 0 amide bonds. The van der Waals surface area contributed by atoms with E-state index in [4.69, 9.17) is 5.53 Å². The van der Waals surface area contributed by atoms with Crippen molar-refractivity contribution in [3.05, 3.63) is 44.7 Å². The lowest BCUT2D eigenvalue weighted by molar-refractivity contribution is 0.546. The molecule has 0 radical (unpaired) electrons. The Hall–Kier alpha value is -1.47. The molecule has 0 spiro atoms. The van der Waals surface area contributed by atoms with Gasteiger partial charge in [0.05, 0.1) is 28.6 Å². The van der Waals surface area contributed by atoms with Crippen molar-refractivity contribution < 1.29 is 0 Å². The smallest absolute Gasteiger partial charge is 0.108 e. The zero-order valence-corrected chi connectivity index (χ0v) is 11.6. The Morgan fingerprint density at radius 2 is 2.28 bits per heavy atom. The maximum atomic E-state index is 10.5. The van der Waals surface area contributed by atoms with Crippen molar-refractivity contribution in [1.29, 1.82) is 0 Å². The minimum absolute atomic E-state index is 0.240. The zero-order chi connectivity index (χ0) is 13.0. The first-order chi connectivity index (χ1) is 8.78. The summed E-state index contributed by atoms with van der Waals surface area (Å²) >= 11 is 1.97. The summed E-state index contributed by atoms with van der Waals surface area (Å²) in [7, 11) is 0. The van der Waals surface area contributed by atoms with Crippen molar-refractivity contribution in [3.8, 4) is 0 Å². The highest BCUT2D eigenvalue weighted by Gasteiger charge is 2.23. The largest absolute Gasteiger partial charge is 0.219 e. The number of hydrogen-bond acceptors (Lipinski definition) is 4. The van der Waals surface area contributed by atoms with Crippen LogP contribution in [0, 0.1) is 10.8 Å². The van der Waals surface area contributed by atoms with Crippen molar-refractivity contribution in [2.24, 2.45) is 19.4 Å². The van der Waals surface area contributed by atoms with E-state index in [2.05, 4.69) is 18.4 Å². The molecule has 0 bridgehead atoms. The Bertz CT molecular complexity index is 550. The Morgan fingerprint density at radius 3 is 2.94 bits per heavy atom. The molecule has 1 aliphatic rings. The number of halogens is 1. The average molecular weight is 355 g/mol. The first kappa shape index (κ1) is 13.0. The second-order valence-electron chi connectivity index (χ2n) is 4.15. The normalized spacial score (nSPS) is 20.1. The lowest BCUT2D eigenvalue weighted by Gasteiger charge is -2.24. The van der Waals surface area contributed by atoms with Crippen LogP contribution in [0.3, 0.4) is 0 Å². The van der Waals surface area contributed by atoms with E-state index >= 15 is 0 Å². The Labute approximate surface area is 118 Å².